The van der Waals surface area contributed by atoms with Crippen molar-refractivity contribution in [2.24, 2.45) is 11.8 Å². The minimum Gasteiger partial charge on any atom is -0.466 e. The fourth-order valence-electron chi connectivity index (χ4n) is 1.24. The molecule has 64 valence electrons. The van der Waals surface area contributed by atoms with Crippen LogP contribution in [-0.4, -0.2) is 17.4 Å². The Morgan fingerprint density at radius 3 is 2.82 bits per heavy atom. The smallest absolute Gasteiger partial charge is 0.309 e. The summed E-state index contributed by atoms with van der Waals surface area (Å²) in [5.41, 5.74) is 0. The van der Waals surface area contributed by atoms with Gasteiger partial charge in [-0.2, -0.15) is 0 Å². The average molecular weight is 221 g/mol. The predicted molar refractivity (Wildman–Crippen MR) is 46.6 cm³/mol. The van der Waals surface area contributed by atoms with Crippen LogP contribution < -0.4 is 0 Å². The molecule has 2 unspecified atom stereocenters. The molecule has 1 aliphatic rings. The summed E-state index contributed by atoms with van der Waals surface area (Å²) in [4.78, 5) is 11.5. The Kier molecular flexibility index (Phi) is 2.93. The van der Waals surface area contributed by atoms with Crippen molar-refractivity contribution in [1.29, 1.82) is 0 Å². The highest BCUT2D eigenvalue weighted by molar-refractivity contribution is 9.09. The largest absolute Gasteiger partial charge is 0.466 e. The van der Waals surface area contributed by atoms with Gasteiger partial charge in [0.1, 0.15) is 0 Å². The highest BCUT2D eigenvalue weighted by Gasteiger charge is 2.46. The fraction of sp³-hybridized carbons (Fsp3) is 0.875. The Bertz CT molecular complexity index is 156. The predicted octanol–water partition coefficient (Wildman–Crippen LogP) is 1.97. The lowest BCUT2D eigenvalue weighted by atomic mass is 10.2. The Labute approximate surface area is 75.4 Å². The Morgan fingerprint density at radius 1 is 1.82 bits per heavy atom. The second-order valence-electron chi connectivity index (χ2n) is 2.94. The summed E-state index contributed by atoms with van der Waals surface area (Å²) in [6.07, 6.45) is 0.991. The van der Waals surface area contributed by atoms with Gasteiger partial charge < -0.3 is 4.74 Å². The molecule has 0 amide bonds. The van der Waals surface area contributed by atoms with E-state index in [1.165, 1.54) is 0 Å². The van der Waals surface area contributed by atoms with E-state index in [-0.39, 0.29) is 11.9 Å². The summed E-state index contributed by atoms with van der Waals surface area (Å²) in [5.74, 6) is 0.655. The second-order valence-corrected chi connectivity index (χ2v) is 4.38. The average Bonchev–Trinajstić information content (AvgIpc) is 2.65. The molecule has 0 radical (unpaired) electrons. The number of carbonyl (C=O) groups is 1. The summed E-state index contributed by atoms with van der Waals surface area (Å²) in [6, 6.07) is 0. The first-order valence-corrected chi connectivity index (χ1v) is 4.89. The lowest BCUT2D eigenvalue weighted by Crippen LogP contribution is -2.09. The van der Waals surface area contributed by atoms with Gasteiger partial charge in [0.15, 0.2) is 0 Å². The molecule has 11 heavy (non-hydrogen) atoms. The lowest BCUT2D eigenvalue weighted by Gasteiger charge is -2.01. The van der Waals surface area contributed by atoms with Crippen LogP contribution >= 0.6 is 15.9 Å². The molecule has 0 aromatic carbocycles. The number of rotatable bonds is 3. The molecule has 0 bridgehead atoms. The Balaban J connectivity index is 2.26. The van der Waals surface area contributed by atoms with Gasteiger partial charge in [-0.05, 0) is 19.3 Å². The molecule has 3 atom stereocenters. The van der Waals surface area contributed by atoms with Gasteiger partial charge in [-0.25, -0.2) is 0 Å². The molecular formula is C8H13BrO2. The van der Waals surface area contributed by atoms with Crippen LogP contribution in [-0.2, 0) is 9.53 Å². The normalized spacial score (nSPS) is 31.2. The first-order valence-electron chi connectivity index (χ1n) is 3.97. The Hall–Kier alpha value is -0.0500. The maximum absolute atomic E-state index is 11.1. The monoisotopic (exact) mass is 220 g/mol. The molecule has 1 saturated carbocycles. The first kappa shape index (κ1) is 9.04. The molecule has 0 spiro atoms. The van der Waals surface area contributed by atoms with Crippen LogP contribution in [0, 0.1) is 11.8 Å². The standard InChI is InChI=1S/C8H13BrO2/c1-3-11-8(10)7-4-6(7)5(2)9/h5-7H,3-4H2,1-2H3/t5?,6?,7-/m1/s1. The minimum atomic E-state index is -0.0243. The van der Waals surface area contributed by atoms with Gasteiger partial charge in [-0.1, -0.05) is 22.9 Å². The third-order valence-electron chi connectivity index (χ3n) is 2.02. The van der Waals surface area contributed by atoms with Crippen molar-refractivity contribution in [1.82, 2.24) is 0 Å². The number of esters is 1. The molecule has 0 aromatic rings. The molecule has 0 aliphatic heterocycles. The first-order chi connectivity index (χ1) is 5.16. The molecule has 0 saturated heterocycles. The van der Waals surface area contributed by atoms with Gasteiger partial charge >= 0.3 is 5.97 Å². The minimum absolute atomic E-state index is 0.0243. The van der Waals surface area contributed by atoms with E-state index in [4.69, 9.17) is 4.74 Å². The van der Waals surface area contributed by atoms with Crippen molar-refractivity contribution >= 4 is 21.9 Å². The molecule has 1 rings (SSSR count). The van der Waals surface area contributed by atoms with Gasteiger partial charge in [-0.15, -0.1) is 0 Å². The van der Waals surface area contributed by atoms with Crippen LogP contribution in [0.5, 0.6) is 0 Å². The fourth-order valence-corrected chi connectivity index (χ4v) is 1.83. The van der Waals surface area contributed by atoms with Crippen LogP contribution in [0.15, 0.2) is 0 Å². The number of halogens is 1. The maximum atomic E-state index is 11.1. The van der Waals surface area contributed by atoms with Crippen molar-refractivity contribution in [3.8, 4) is 0 Å². The number of ether oxygens (including phenoxy) is 1. The summed E-state index contributed by atoms with van der Waals surface area (Å²) in [5, 5.41) is 0. The van der Waals surface area contributed by atoms with E-state index in [0.717, 1.165) is 6.42 Å². The van der Waals surface area contributed by atoms with Crippen LogP contribution in [0.25, 0.3) is 0 Å². The molecular weight excluding hydrogens is 208 g/mol. The topological polar surface area (TPSA) is 26.3 Å². The van der Waals surface area contributed by atoms with E-state index >= 15 is 0 Å². The third-order valence-corrected chi connectivity index (χ3v) is 2.70. The summed E-state index contributed by atoms with van der Waals surface area (Å²) < 4.78 is 4.89. The van der Waals surface area contributed by atoms with E-state index in [0.29, 0.717) is 17.4 Å². The van der Waals surface area contributed by atoms with Crippen LogP contribution in [0.1, 0.15) is 20.3 Å². The molecule has 0 heterocycles. The van der Waals surface area contributed by atoms with Crippen molar-refractivity contribution < 1.29 is 9.53 Å². The van der Waals surface area contributed by atoms with E-state index in [1.807, 2.05) is 6.92 Å². The summed E-state index contributed by atoms with van der Waals surface area (Å²) in [6.45, 7) is 4.41. The molecule has 1 fully saturated rings. The molecule has 1 aliphatic carbocycles. The van der Waals surface area contributed by atoms with E-state index in [1.54, 1.807) is 0 Å². The quantitative estimate of drug-likeness (QED) is 0.538. The molecule has 0 aromatic heterocycles. The SMILES string of the molecule is CCOC(=O)[C@@H]1CC1C(C)Br. The summed E-state index contributed by atoms with van der Waals surface area (Å²) in [7, 11) is 0. The number of alkyl halides is 1. The maximum Gasteiger partial charge on any atom is 0.309 e. The van der Waals surface area contributed by atoms with Gasteiger partial charge in [0.2, 0.25) is 0 Å². The molecule has 0 N–H and O–H groups in total. The van der Waals surface area contributed by atoms with Gasteiger partial charge in [0.25, 0.3) is 0 Å². The molecule has 3 heteroatoms. The highest BCUT2D eigenvalue weighted by atomic mass is 79.9. The zero-order chi connectivity index (χ0) is 8.43. The zero-order valence-electron chi connectivity index (χ0n) is 6.84. The van der Waals surface area contributed by atoms with Crippen molar-refractivity contribution in [3.63, 3.8) is 0 Å². The van der Waals surface area contributed by atoms with Gasteiger partial charge in [0.05, 0.1) is 12.5 Å². The zero-order valence-corrected chi connectivity index (χ0v) is 8.43. The van der Waals surface area contributed by atoms with Gasteiger partial charge in [-0.3, -0.25) is 4.79 Å². The highest BCUT2D eigenvalue weighted by Crippen LogP contribution is 2.44. The van der Waals surface area contributed by atoms with Crippen molar-refractivity contribution in [2.45, 2.75) is 25.1 Å². The van der Waals surface area contributed by atoms with E-state index < -0.39 is 0 Å². The Morgan fingerprint density at radius 2 is 2.45 bits per heavy atom. The van der Waals surface area contributed by atoms with Crippen molar-refractivity contribution in [2.75, 3.05) is 6.61 Å². The van der Waals surface area contributed by atoms with Crippen LogP contribution in [0.3, 0.4) is 0 Å². The lowest BCUT2D eigenvalue weighted by molar-refractivity contribution is -0.145. The van der Waals surface area contributed by atoms with E-state index in [9.17, 15) is 4.79 Å². The summed E-state index contributed by atoms with van der Waals surface area (Å²) >= 11 is 3.45. The second kappa shape index (κ2) is 3.57. The van der Waals surface area contributed by atoms with Gasteiger partial charge in [0, 0.05) is 4.83 Å². The molecule has 2 nitrogen and oxygen atoms in total. The number of carbonyl (C=O) groups excluding carboxylic acids is 1. The number of hydrogen-bond acceptors (Lipinski definition) is 2. The van der Waals surface area contributed by atoms with Crippen LogP contribution in [0.4, 0.5) is 0 Å². The van der Waals surface area contributed by atoms with Crippen molar-refractivity contribution in [3.05, 3.63) is 0 Å². The third kappa shape index (κ3) is 2.19. The number of hydrogen-bond donors (Lipinski definition) is 0. The van der Waals surface area contributed by atoms with E-state index in [2.05, 4.69) is 22.9 Å². The van der Waals surface area contributed by atoms with Crippen LogP contribution in [0.2, 0.25) is 0 Å².